The zero-order valence-corrected chi connectivity index (χ0v) is 17.9. The molecule has 0 amide bonds. The fourth-order valence-electron chi connectivity index (χ4n) is 7.01. The number of carbonyl (C=O) groups excluding carboxylic acids is 3. The van der Waals surface area contributed by atoms with Gasteiger partial charge < -0.3 is 20.1 Å². The number of esters is 1. The van der Waals surface area contributed by atoms with Gasteiger partial charge in [0.15, 0.2) is 23.7 Å². The summed E-state index contributed by atoms with van der Waals surface area (Å²) in [6, 6.07) is 0. The van der Waals surface area contributed by atoms with Gasteiger partial charge in [-0.25, -0.2) is 4.39 Å². The normalized spacial score (nSPS) is 48.4. The number of halogens is 1. The molecule has 0 aromatic heterocycles. The Kier molecular flexibility index (Phi) is 4.89. The van der Waals surface area contributed by atoms with Crippen LogP contribution in [-0.4, -0.2) is 62.9 Å². The molecular weight excluding hydrogens is 407 g/mol. The highest BCUT2D eigenvalue weighted by atomic mass is 19.1. The fourth-order valence-corrected chi connectivity index (χ4v) is 7.01. The molecular formula is C23H29FO7. The van der Waals surface area contributed by atoms with Crippen LogP contribution in [-0.2, 0) is 19.1 Å². The van der Waals surface area contributed by atoms with Crippen molar-refractivity contribution in [3.05, 3.63) is 23.8 Å². The monoisotopic (exact) mass is 436 g/mol. The number of ketones is 2. The first-order valence-corrected chi connectivity index (χ1v) is 10.7. The Bertz CT molecular complexity index is 912. The summed E-state index contributed by atoms with van der Waals surface area (Å²) in [4.78, 5) is 35.9. The van der Waals surface area contributed by atoms with Gasteiger partial charge in [-0.1, -0.05) is 18.6 Å². The number of Topliss-reactive ketones (excluding diaryl/α,β-unsaturated/α-hetero) is 1. The van der Waals surface area contributed by atoms with Crippen LogP contribution in [0.1, 0.15) is 46.5 Å². The van der Waals surface area contributed by atoms with Gasteiger partial charge >= 0.3 is 5.97 Å². The zero-order chi connectivity index (χ0) is 23.0. The first kappa shape index (κ1) is 22.3. The van der Waals surface area contributed by atoms with E-state index >= 15 is 4.39 Å². The molecule has 4 aliphatic rings. The molecule has 0 aromatic rings. The minimum Gasteiger partial charge on any atom is -0.458 e. The number of rotatable bonds is 3. The van der Waals surface area contributed by atoms with E-state index in [0.29, 0.717) is 18.4 Å². The van der Waals surface area contributed by atoms with Crippen LogP contribution in [0.5, 0.6) is 0 Å². The van der Waals surface area contributed by atoms with E-state index in [1.54, 1.807) is 13.8 Å². The van der Waals surface area contributed by atoms with E-state index in [9.17, 15) is 29.7 Å². The maximum Gasteiger partial charge on any atom is 0.303 e. The van der Waals surface area contributed by atoms with Gasteiger partial charge in [0.25, 0.3) is 0 Å². The van der Waals surface area contributed by atoms with E-state index in [-0.39, 0.29) is 18.6 Å². The van der Waals surface area contributed by atoms with Crippen molar-refractivity contribution in [1.82, 2.24) is 0 Å². The Balaban J connectivity index is 1.76. The van der Waals surface area contributed by atoms with Crippen molar-refractivity contribution < 1.29 is 38.8 Å². The van der Waals surface area contributed by atoms with Crippen LogP contribution in [0.4, 0.5) is 4.39 Å². The molecule has 31 heavy (non-hydrogen) atoms. The van der Waals surface area contributed by atoms with Crippen molar-refractivity contribution in [2.24, 2.45) is 22.7 Å². The molecule has 0 unspecified atom stereocenters. The highest BCUT2D eigenvalue weighted by Gasteiger charge is 2.76. The van der Waals surface area contributed by atoms with Gasteiger partial charge in [0.2, 0.25) is 5.78 Å². The van der Waals surface area contributed by atoms with Gasteiger partial charge in [0.1, 0.15) is 0 Å². The molecule has 0 heterocycles. The van der Waals surface area contributed by atoms with Gasteiger partial charge in [-0.3, -0.25) is 14.4 Å². The van der Waals surface area contributed by atoms with Gasteiger partial charge in [-0.05, 0) is 50.7 Å². The highest BCUT2D eigenvalue weighted by Crippen LogP contribution is 2.69. The summed E-state index contributed by atoms with van der Waals surface area (Å²) in [7, 11) is 0. The lowest BCUT2D eigenvalue weighted by atomic mass is 9.44. The van der Waals surface area contributed by atoms with Gasteiger partial charge in [-0.2, -0.15) is 0 Å². The van der Waals surface area contributed by atoms with Crippen LogP contribution in [0.2, 0.25) is 0 Å². The SMILES string of the molecule is CC(=O)OCC(=O)[C@@]1(O)[C@H](O)C[C@H]2[C@@H]3CCC4=CC(=O)C=C[C@]4(C)[C@]3(F)[C@H](O)C[C@@]21C. The number of alkyl halides is 1. The third kappa shape index (κ3) is 2.64. The van der Waals surface area contributed by atoms with Crippen LogP contribution >= 0.6 is 0 Å². The quantitative estimate of drug-likeness (QED) is 0.568. The largest absolute Gasteiger partial charge is 0.458 e. The second-order valence-electron chi connectivity index (χ2n) is 9.99. The smallest absolute Gasteiger partial charge is 0.303 e. The first-order valence-electron chi connectivity index (χ1n) is 10.7. The minimum atomic E-state index is -2.27. The van der Waals surface area contributed by atoms with Crippen LogP contribution in [0.15, 0.2) is 23.8 Å². The van der Waals surface area contributed by atoms with Crippen LogP contribution in [0.25, 0.3) is 0 Å². The van der Waals surface area contributed by atoms with Crippen molar-refractivity contribution in [3.63, 3.8) is 0 Å². The number of carbonyl (C=O) groups is 3. The summed E-state index contributed by atoms with van der Waals surface area (Å²) in [5.74, 6) is -3.11. The van der Waals surface area contributed by atoms with Crippen LogP contribution in [0, 0.1) is 22.7 Å². The molecule has 4 rings (SSSR count). The summed E-state index contributed by atoms with van der Waals surface area (Å²) >= 11 is 0. The fraction of sp³-hybridized carbons (Fsp3) is 0.696. The topological polar surface area (TPSA) is 121 Å². The van der Waals surface area contributed by atoms with E-state index in [0.717, 1.165) is 6.92 Å². The standard InChI is InChI=1S/C23H29FO7/c1-12(25)31-11-19(29)23(30)17(27)9-16-15-5-4-13-8-14(26)6-7-20(13,2)22(15,24)18(28)10-21(16,23)3/h6-8,15-18,27-28,30H,4-5,9-11H2,1-3H3/t15-,16-,17+,18+,20-,21-,22+,23-/m0/s1. The first-order chi connectivity index (χ1) is 14.3. The molecule has 8 atom stereocenters. The number of hydrogen-bond acceptors (Lipinski definition) is 7. The Labute approximate surface area is 180 Å². The summed E-state index contributed by atoms with van der Waals surface area (Å²) in [6.07, 6.45) is 1.74. The predicted molar refractivity (Wildman–Crippen MR) is 106 cm³/mol. The molecule has 0 saturated heterocycles. The molecule has 7 nitrogen and oxygen atoms in total. The second-order valence-corrected chi connectivity index (χ2v) is 9.99. The van der Waals surface area contributed by atoms with E-state index < -0.39 is 64.5 Å². The molecule has 8 heteroatoms. The lowest BCUT2D eigenvalue weighted by Crippen LogP contribution is -2.69. The lowest BCUT2D eigenvalue weighted by Gasteiger charge is -2.62. The van der Waals surface area contributed by atoms with Crippen molar-refractivity contribution in [2.45, 2.75) is 69.9 Å². The average Bonchev–Trinajstić information content (AvgIpc) is 2.89. The molecule has 3 saturated carbocycles. The van der Waals surface area contributed by atoms with Gasteiger partial charge in [0, 0.05) is 23.7 Å². The second kappa shape index (κ2) is 6.80. The number of ether oxygens (including phenoxy) is 1. The predicted octanol–water partition coefficient (Wildman–Crippen LogP) is 1.19. The number of fused-ring (bicyclic) bond motifs is 5. The third-order valence-corrected chi connectivity index (χ3v) is 8.69. The maximum absolute atomic E-state index is 16.9. The molecule has 0 bridgehead atoms. The highest BCUT2D eigenvalue weighted by molar-refractivity contribution is 6.01. The Hall–Kier alpha value is -1.90. The van der Waals surface area contributed by atoms with Crippen LogP contribution < -0.4 is 0 Å². The van der Waals surface area contributed by atoms with Gasteiger partial charge in [-0.15, -0.1) is 0 Å². The van der Waals surface area contributed by atoms with E-state index in [2.05, 4.69) is 0 Å². The molecule has 3 N–H and O–H groups in total. The van der Waals surface area contributed by atoms with E-state index in [1.807, 2.05) is 0 Å². The number of aliphatic hydroxyl groups is 3. The summed E-state index contributed by atoms with van der Waals surface area (Å²) < 4.78 is 21.7. The lowest BCUT2D eigenvalue weighted by molar-refractivity contribution is -0.222. The Morgan fingerprint density at radius 3 is 2.55 bits per heavy atom. The van der Waals surface area contributed by atoms with Crippen molar-refractivity contribution in [3.8, 4) is 0 Å². The minimum absolute atomic E-state index is 0.0142. The number of aliphatic hydroxyl groups excluding tert-OH is 2. The van der Waals surface area contributed by atoms with Crippen molar-refractivity contribution >= 4 is 17.5 Å². The van der Waals surface area contributed by atoms with E-state index in [1.165, 1.54) is 18.2 Å². The average molecular weight is 436 g/mol. The molecule has 0 radical (unpaired) electrons. The van der Waals surface area contributed by atoms with E-state index in [4.69, 9.17) is 4.74 Å². The van der Waals surface area contributed by atoms with Crippen LogP contribution in [0.3, 0.4) is 0 Å². The Morgan fingerprint density at radius 1 is 1.23 bits per heavy atom. The summed E-state index contributed by atoms with van der Waals surface area (Å²) in [5.41, 5.74) is -6.28. The Morgan fingerprint density at radius 2 is 1.90 bits per heavy atom. The third-order valence-electron chi connectivity index (χ3n) is 8.69. The molecule has 170 valence electrons. The summed E-state index contributed by atoms with van der Waals surface area (Å²) in [5, 5.41) is 33.4. The van der Waals surface area contributed by atoms with Gasteiger partial charge in [0.05, 0.1) is 12.2 Å². The summed E-state index contributed by atoms with van der Waals surface area (Å²) in [6.45, 7) is 3.69. The molecule has 0 aromatic carbocycles. The van der Waals surface area contributed by atoms with Crippen molar-refractivity contribution in [1.29, 1.82) is 0 Å². The zero-order valence-electron chi connectivity index (χ0n) is 17.9. The number of allylic oxidation sites excluding steroid dienone is 4. The van der Waals surface area contributed by atoms with Crippen molar-refractivity contribution in [2.75, 3.05) is 6.61 Å². The number of hydrogen-bond donors (Lipinski definition) is 3. The molecule has 3 fully saturated rings. The molecule has 4 aliphatic carbocycles. The maximum atomic E-state index is 16.9. The molecule has 0 aliphatic heterocycles. The molecule has 0 spiro atoms.